The molecule has 6 unspecified atom stereocenters. The van der Waals surface area contributed by atoms with E-state index in [9.17, 15) is 14.4 Å². The second-order valence-corrected chi connectivity index (χ2v) is 9.89. The van der Waals surface area contributed by atoms with Gasteiger partial charge in [0, 0.05) is 33.2 Å². The zero-order chi connectivity index (χ0) is 22.1. The number of hydrogen-bond acceptors (Lipinski definition) is 5. The summed E-state index contributed by atoms with van der Waals surface area (Å²) in [7, 11) is 1.68. The topological polar surface area (TPSA) is 91.0 Å². The van der Waals surface area contributed by atoms with Crippen molar-refractivity contribution in [3.8, 4) is 0 Å². The van der Waals surface area contributed by atoms with Gasteiger partial charge in [-0.3, -0.25) is 14.4 Å². The van der Waals surface area contributed by atoms with Crippen molar-refractivity contribution in [2.24, 2.45) is 11.8 Å². The summed E-state index contributed by atoms with van der Waals surface area (Å²) in [5, 5.41) is 6.16. The molecule has 0 aromatic carbocycles. The fourth-order valence-corrected chi connectivity index (χ4v) is 6.52. The number of amides is 3. The van der Waals surface area contributed by atoms with E-state index in [4.69, 9.17) is 4.74 Å². The third-order valence-corrected chi connectivity index (χ3v) is 8.05. The van der Waals surface area contributed by atoms with E-state index < -0.39 is 0 Å². The zero-order valence-corrected chi connectivity index (χ0v) is 19.1. The van der Waals surface area contributed by atoms with Gasteiger partial charge in [0.1, 0.15) is 6.10 Å². The highest BCUT2D eigenvalue weighted by Gasteiger charge is 2.48. The van der Waals surface area contributed by atoms with Crippen LogP contribution in [0.2, 0.25) is 0 Å². The van der Waals surface area contributed by atoms with Gasteiger partial charge in [0.25, 0.3) is 5.91 Å². The van der Waals surface area contributed by atoms with Crippen LogP contribution in [-0.2, 0) is 19.1 Å². The summed E-state index contributed by atoms with van der Waals surface area (Å²) in [5.41, 5.74) is 0. The van der Waals surface area contributed by atoms with Crippen molar-refractivity contribution >= 4 is 17.7 Å². The van der Waals surface area contributed by atoms with E-state index in [1.165, 1.54) is 0 Å². The smallest absolute Gasteiger partial charge is 0.252 e. The molecule has 3 saturated heterocycles. The largest absolute Gasteiger partial charge is 0.368 e. The number of ether oxygens (including phenoxy) is 1. The Hall–Kier alpha value is -1.67. The molecule has 4 fully saturated rings. The lowest BCUT2D eigenvalue weighted by Gasteiger charge is -2.55. The Kier molecular flexibility index (Phi) is 6.86. The van der Waals surface area contributed by atoms with Gasteiger partial charge in [-0.05, 0) is 70.3 Å². The maximum absolute atomic E-state index is 13.4. The summed E-state index contributed by atoms with van der Waals surface area (Å²) in [5.74, 6) is 1.30. The average molecular weight is 435 g/mol. The Morgan fingerprint density at radius 1 is 1.03 bits per heavy atom. The van der Waals surface area contributed by atoms with Crippen LogP contribution in [0.25, 0.3) is 0 Å². The van der Waals surface area contributed by atoms with E-state index in [0.717, 1.165) is 51.5 Å². The number of fused-ring (bicyclic) bond motifs is 1. The van der Waals surface area contributed by atoms with Gasteiger partial charge < -0.3 is 25.2 Å². The van der Waals surface area contributed by atoms with Gasteiger partial charge in [-0.2, -0.15) is 0 Å². The highest BCUT2D eigenvalue weighted by atomic mass is 16.5. The Labute approximate surface area is 185 Å². The molecule has 0 aromatic heterocycles. The number of hydrogen-bond donors (Lipinski definition) is 2. The van der Waals surface area contributed by atoms with Crippen molar-refractivity contribution in [1.29, 1.82) is 0 Å². The lowest BCUT2D eigenvalue weighted by atomic mass is 9.71. The van der Waals surface area contributed by atoms with E-state index in [2.05, 4.69) is 22.5 Å². The predicted molar refractivity (Wildman–Crippen MR) is 116 cm³/mol. The molecule has 4 rings (SSSR count). The minimum atomic E-state index is -0.318. The molecule has 3 amide bonds. The highest BCUT2D eigenvalue weighted by molar-refractivity contribution is 5.82. The fourth-order valence-electron chi connectivity index (χ4n) is 6.52. The number of piperazine rings is 1. The normalized spacial score (nSPS) is 38.5. The highest BCUT2D eigenvalue weighted by Crippen LogP contribution is 2.41. The SMILES string of the molecule is CNC(=O)C1CCC(C2CCC3C(C2)N(C(=O)C2CCCO2)C[C@H](C)N3C(C)=O)CN1. The summed E-state index contributed by atoms with van der Waals surface area (Å²) in [6.45, 7) is 5.81. The summed E-state index contributed by atoms with van der Waals surface area (Å²) < 4.78 is 5.73. The molecule has 3 aliphatic heterocycles. The summed E-state index contributed by atoms with van der Waals surface area (Å²) >= 11 is 0. The molecule has 3 heterocycles. The minimum absolute atomic E-state index is 0.0327. The molecule has 2 N–H and O–H groups in total. The maximum atomic E-state index is 13.4. The molecule has 0 aromatic rings. The van der Waals surface area contributed by atoms with Gasteiger partial charge in [0.05, 0.1) is 18.1 Å². The Morgan fingerprint density at radius 2 is 1.81 bits per heavy atom. The third kappa shape index (κ3) is 4.46. The first-order valence-corrected chi connectivity index (χ1v) is 12.1. The first-order chi connectivity index (χ1) is 14.9. The van der Waals surface area contributed by atoms with E-state index >= 15 is 0 Å². The Balaban J connectivity index is 1.48. The molecule has 0 spiro atoms. The van der Waals surface area contributed by atoms with Gasteiger partial charge in [0.15, 0.2) is 0 Å². The first-order valence-electron chi connectivity index (χ1n) is 12.1. The lowest BCUT2D eigenvalue weighted by molar-refractivity contribution is -0.160. The van der Waals surface area contributed by atoms with Gasteiger partial charge in [-0.1, -0.05) is 0 Å². The van der Waals surface area contributed by atoms with Crippen LogP contribution in [0.15, 0.2) is 0 Å². The van der Waals surface area contributed by atoms with Crippen LogP contribution >= 0.6 is 0 Å². The number of likely N-dealkylation sites (N-methyl/N-ethyl adjacent to an activating group) is 1. The molecule has 4 aliphatic rings. The first kappa shape index (κ1) is 22.5. The minimum Gasteiger partial charge on any atom is -0.368 e. The number of rotatable bonds is 3. The molecule has 1 aliphatic carbocycles. The number of nitrogens with zero attached hydrogens (tertiary/aromatic N) is 2. The van der Waals surface area contributed by atoms with Crippen LogP contribution in [0.1, 0.15) is 58.8 Å². The van der Waals surface area contributed by atoms with E-state index in [-0.39, 0.29) is 48.0 Å². The van der Waals surface area contributed by atoms with Crippen molar-refractivity contribution in [1.82, 2.24) is 20.4 Å². The van der Waals surface area contributed by atoms with Crippen LogP contribution in [-0.4, -0.2) is 84.5 Å². The molecular weight excluding hydrogens is 396 g/mol. The van der Waals surface area contributed by atoms with Crippen molar-refractivity contribution in [2.75, 3.05) is 26.7 Å². The van der Waals surface area contributed by atoms with Crippen molar-refractivity contribution in [3.63, 3.8) is 0 Å². The molecule has 8 heteroatoms. The second kappa shape index (κ2) is 9.45. The van der Waals surface area contributed by atoms with Gasteiger partial charge in [0.2, 0.25) is 11.8 Å². The average Bonchev–Trinajstić information content (AvgIpc) is 3.32. The summed E-state index contributed by atoms with van der Waals surface area (Å²) in [6, 6.07) is 0.0921. The van der Waals surface area contributed by atoms with Crippen LogP contribution in [0.3, 0.4) is 0 Å². The quantitative estimate of drug-likeness (QED) is 0.689. The Bertz CT molecular complexity index is 687. The third-order valence-electron chi connectivity index (χ3n) is 8.05. The van der Waals surface area contributed by atoms with Gasteiger partial charge in [-0.25, -0.2) is 0 Å². The van der Waals surface area contributed by atoms with Crippen LogP contribution < -0.4 is 10.6 Å². The van der Waals surface area contributed by atoms with Crippen molar-refractivity contribution in [3.05, 3.63) is 0 Å². The zero-order valence-electron chi connectivity index (χ0n) is 19.1. The van der Waals surface area contributed by atoms with E-state index in [1.54, 1.807) is 14.0 Å². The standard InChI is InChI=1S/C23H38N4O4/c1-14-13-26(23(30)21-5-4-10-31-21)20-11-16(7-9-19(20)27(14)15(2)28)17-6-8-18(25-12-17)22(29)24-3/h14,16-21,25H,4-13H2,1-3H3,(H,24,29)/t14-,16?,17?,18?,19?,20?,21?/m0/s1. The summed E-state index contributed by atoms with van der Waals surface area (Å²) in [4.78, 5) is 41.8. The van der Waals surface area contributed by atoms with Crippen molar-refractivity contribution in [2.45, 2.75) is 89.1 Å². The molecule has 8 nitrogen and oxygen atoms in total. The lowest BCUT2D eigenvalue weighted by Crippen LogP contribution is -2.68. The monoisotopic (exact) mass is 434 g/mol. The fraction of sp³-hybridized carbons (Fsp3) is 0.870. The molecule has 0 radical (unpaired) electrons. The molecule has 7 atom stereocenters. The molecular formula is C23H38N4O4. The van der Waals surface area contributed by atoms with E-state index in [1.807, 2.05) is 4.90 Å². The number of carbonyl (C=O) groups excluding carboxylic acids is 3. The van der Waals surface area contributed by atoms with Crippen LogP contribution in [0.5, 0.6) is 0 Å². The number of nitrogens with one attached hydrogen (secondary N) is 2. The van der Waals surface area contributed by atoms with Crippen molar-refractivity contribution < 1.29 is 19.1 Å². The van der Waals surface area contributed by atoms with Crippen LogP contribution in [0.4, 0.5) is 0 Å². The van der Waals surface area contributed by atoms with Gasteiger partial charge >= 0.3 is 0 Å². The van der Waals surface area contributed by atoms with Crippen LogP contribution in [0, 0.1) is 11.8 Å². The number of piperidine rings is 1. The maximum Gasteiger partial charge on any atom is 0.252 e. The van der Waals surface area contributed by atoms with Gasteiger partial charge in [-0.15, -0.1) is 0 Å². The Morgan fingerprint density at radius 3 is 2.42 bits per heavy atom. The molecule has 1 saturated carbocycles. The predicted octanol–water partition coefficient (Wildman–Crippen LogP) is 0.896. The number of carbonyl (C=O) groups is 3. The molecule has 174 valence electrons. The summed E-state index contributed by atoms with van der Waals surface area (Å²) in [6.07, 6.45) is 6.23. The molecule has 0 bridgehead atoms. The second-order valence-electron chi connectivity index (χ2n) is 9.89. The molecule has 31 heavy (non-hydrogen) atoms. The van der Waals surface area contributed by atoms with E-state index in [0.29, 0.717) is 25.0 Å².